The summed E-state index contributed by atoms with van der Waals surface area (Å²) in [5.41, 5.74) is 0.0448. The van der Waals surface area contributed by atoms with Gasteiger partial charge in [0.25, 0.3) is 5.91 Å². The highest BCUT2D eigenvalue weighted by Gasteiger charge is 2.19. The molecule has 0 aliphatic heterocycles. The Morgan fingerprint density at radius 1 is 0.966 bits per heavy atom. The zero-order valence-corrected chi connectivity index (χ0v) is 16.4. The van der Waals surface area contributed by atoms with Gasteiger partial charge in [0.15, 0.2) is 0 Å². The van der Waals surface area contributed by atoms with E-state index >= 15 is 0 Å². The first-order valence-electron chi connectivity index (χ1n) is 8.82. The molecule has 8 heteroatoms. The highest BCUT2D eigenvalue weighted by molar-refractivity contribution is 7.89. The lowest BCUT2D eigenvalue weighted by atomic mass is 10.2. The number of hydrogen-bond acceptors (Lipinski definition) is 4. The first-order valence-corrected chi connectivity index (χ1v) is 10.3. The van der Waals surface area contributed by atoms with Gasteiger partial charge in [-0.3, -0.25) is 4.79 Å². The molecule has 29 heavy (non-hydrogen) atoms. The highest BCUT2D eigenvalue weighted by Crippen LogP contribution is 2.23. The summed E-state index contributed by atoms with van der Waals surface area (Å²) >= 11 is 0. The van der Waals surface area contributed by atoms with Crippen LogP contribution in [0.2, 0.25) is 0 Å². The van der Waals surface area contributed by atoms with Gasteiger partial charge in [-0.1, -0.05) is 25.1 Å². The van der Waals surface area contributed by atoms with Crippen LogP contribution in [0.3, 0.4) is 0 Å². The van der Waals surface area contributed by atoms with E-state index in [9.17, 15) is 17.6 Å². The molecule has 0 heterocycles. The third-order valence-electron chi connectivity index (χ3n) is 3.92. The predicted octanol–water partition coefficient (Wildman–Crippen LogP) is 4.17. The smallest absolute Gasteiger partial charge is 0.258 e. The number of benzene rings is 3. The number of carbonyl (C=O) groups excluding carboxylic acids is 1. The molecule has 3 rings (SSSR count). The van der Waals surface area contributed by atoms with Crippen LogP contribution in [0.25, 0.3) is 0 Å². The van der Waals surface area contributed by atoms with Crippen LogP contribution >= 0.6 is 0 Å². The lowest BCUT2D eigenvalue weighted by Crippen LogP contribution is -2.24. The number of halogens is 1. The molecular weight excluding hydrogens is 395 g/mol. The van der Waals surface area contributed by atoms with Crippen LogP contribution in [0.15, 0.2) is 77.7 Å². The minimum Gasteiger partial charge on any atom is -0.457 e. The van der Waals surface area contributed by atoms with Gasteiger partial charge in [-0.2, -0.15) is 0 Å². The molecule has 1 amide bonds. The van der Waals surface area contributed by atoms with Crippen molar-refractivity contribution in [1.29, 1.82) is 0 Å². The maximum atomic E-state index is 14.1. The fourth-order valence-electron chi connectivity index (χ4n) is 2.55. The van der Waals surface area contributed by atoms with Gasteiger partial charge in [0, 0.05) is 12.2 Å². The summed E-state index contributed by atoms with van der Waals surface area (Å²) in [6.07, 6.45) is 0. The maximum absolute atomic E-state index is 14.1. The Bertz CT molecular complexity index is 1100. The summed E-state index contributed by atoms with van der Waals surface area (Å²) in [5, 5.41) is 2.55. The number of hydrogen-bond donors (Lipinski definition) is 2. The molecule has 0 spiro atoms. The molecule has 150 valence electrons. The standard InChI is InChI=1S/C21H19FN2O4S/c1-2-23-29(26,27)18-12-13-20(22)19(14-18)21(25)24-15-8-10-17(11-9-15)28-16-6-4-3-5-7-16/h3-14,23H,2H2,1H3,(H,24,25). The first-order chi connectivity index (χ1) is 13.9. The van der Waals surface area contributed by atoms with Gasteiger partial charge in [-0.25, -0.2) is 17.5 Å². The average molecular weight is 414 g/mol. The normalized spacial score (nSPS) is 11.1. The van der Waals surface area contributed by atoms with Gasteiger partial charge in [0.1, 0.15) is 17.3 Å². The molecule has 0 fully saturated rings. The zero-order valence-electron chi connectivity index (χ0n) is 15.6. The first kappa shape index (κ1) is 20.5. The number of ether oxygens (including phenoxy) is 1. The van der Waals surface area contributed by atoms with Crippen LogP contribution in [-0.4, -0.2) is 20.9 Å². The van der Waals surface area contributed by atoms with E-state index in [1.807, 2.05) is 30.3 Å². The van der Waals surface area contributed by atoms with Crippen molar-refractivity contribution in [2.24, 2.45) is 0 Å². The van der Waals surface area contributed by atoms with Gasteiger partial charge >= 0.3 is 0 Å². The molecule has 0 aliphatic carbocycles. The molecule has 0 atom stereocenters. The van der Waals surface area contributed by atoms with Crippen molar-refractivity contribution < 1.29 is 22.3 Å². The van der Waals surface area contributed by atoms with Crippen LogP contribution < -0.4 is 14.8 Å². The predicted molar refractivity (Wildman–Crippen MR) is 108 cm³/mol. The fraction of sp³-hybridized carbons (Fsp3) is 0.0952. The Labute approximate surface area is 168 Å². The largest absolute Gasteiger partial charge is 0.457 e. The quantitative estimate of drug-likeness (QED) is 0.608. The van der Waals surface area contributed by atoms with E-state index in [2.05, 4.69) is 10.0 Å². The number of sulfonamides is 1. The molecule has 3 aromatic rings. The third kappa shape index (κ3) is 5.18. The number of amides is 1. The molecule has 6 nitrogen and oxygen atoms in total. The van der Waals surface area contributed by atoms with Crippen LogP contribution in [0.5, 0.6) is 11.5 Å². The number of rotatable bonds is 7. The Kier molecular flexibility index (Phi) is 6.26. The lowest BCUT2D eigenvalue weighted by molar-refractivity contribution is 0.102. The van der Waals surface area contributed by atoms with Gasteiger partial charge < -0.3 is 10.1 Å². The van der Waals surface area contributed by atoms with Crippen molar-refractivity contribution in [3.8, 4) is 11.5 Å². The number of anilines is 1. The van der Waals surface area contributed by atoms with Gasteiger partial charge in [0.2, 0.25) is 10.0 Å². The molecule has 0 bridgehead atoms. The molecule has 0 unspecified atom stereocenters. The molecule has 0 saturated heterocycles. The summed E-state index contributed by atoms with van der Waals surface area (Å²) < 4.78 is 46.3. The Balaban J connectivity index is 1.75. The van der Waals surface area contributed by atoms with E-state index in [0.29, 0.717) is 17.2 Å². The molecule has 0 aromatic heterocycles. The van der Waals surface area contributed by atoms with Crippen molar-refractivity contribution >= 4 is 21.6 Å². The summed E-state index contributed by atoms with van der Waals surface area (Å²) in [4.78, 5) is 12.3. The van der Waals surface area contributed by atoms with Crippen molar-refractivity contribution in [2.75, 3.05) is 11.9 Å². The van der Waals surface area contributed by atoms with Crippen molar-refractivity contribution in [2.45, 2.75) is 11.8 Å². The van der Waals surface area contributed by atoms with E-state index in [1.54, 1.807) is 31.2 Å². The Hall–Kier alpha value is -3.23. The number of para-hydroxylation sites is 1. The van der Waals surface area contributed by atoms with E-state index in [1.165, 1.54) is 0 Å². The zero-order chi connectivity index (χ0) is 20.9. The second-order valence-corrected chi connectivity index (χ2v) is 7.80. The van der Waals surface area contributed by atoms with Crippen molar-refractivity contribution in [1.82, 2.24) is 4.72 Å². The van der Waals surface area contributed by atoms with Crippen LogP contribution in [-0.2, 0) is 10.0 Å². The van der Waals surface area contributed by atoms with Gasteiger partial charge in [-0.15, -0.1) is 0 Å². The minimum absolute atomic E-state index is 0.179. The second-order valence-electron chi connectivity index (χ2n) is 6.04. The molecular formula is C21H19FN2O4S. The van der Waals surface area contributed by atoms with Gasteiger partial charge in [-0.05, 0) is 54.6 Å². The van der Waals surface area contributed by atoms with Crippen LogP contribution in [0, 0.1) is 5.82 Å². The van der Waals surface area contributed by atoms with E-state index in [-0.39, 0.29) is 17.0 Å². The van der Waals surface area contributed by atoms with E-state index in [0.717, 1.165) is 18.2 Å². The minimum atomic E-state index is -3.80. The fourth-order valence-corrected chi connectivity index (χ4v) is 3.62. The third-order valence-corrected chi connectivity index (χ3v) is 5.46. The van der Waals surface area contributed by atoms with Crippen LogP contribution in [0.4, 0.5) is 10.1 Å². The molecule has 3 aromatic carbocycles. The summed E-state index contributed by atoms with van der Waals surface area (Å²) in [5.74, 6) is -0.334. The van der Waals surface area contributed by atoms with Crippen molar-refractivity contribution in [3.63, 3.8) is 0 Å². The van der Waals surface area contributed by atoms with E-state index < -0.39 is 21.7 Å². The summed E-state index contributed by atoms with van der Waals surface area (Å²) in [7, 11) is -3.80. The lowest BCUT2D eigenvalue weighted by Gasteiger charge is -2.10. The SMILES string of the molecule is CCNS(=O)(=O)c1ccc(F)c(C(=O)Nc2ccc(Oc3ccccc3)cc2)c1. The number of nitrogens with one attached hydrogen (secondary N) is 2. The van der Waals surface area contributed by atoms with E-state index in [4.69, 9.17) is 4.74 Å². The number of carbonyl (C=O) groups is 1. The van der Waals surface area contributed by atoms with Crippen LogP contribution in [0.1, 0.15) is 17.3 Å². The Morgan fingerprint density at radius 2 is 1.62 bits per heavy atom. The van der Waals surface area contributed by atoms with Gasteiger partial charge in [0.05, 0.1) is 10.5 Å². The second kappa shape index (κ2) is 8.85. The maximum Gasteiger partial charge on any atom is 0.258 e. The molecule has 0 aliphatic rings. The molecule has 0 radical (unpaired) electrons. The monoisotopic (exact) mass is 414 g/mol. The average Bonchev–Trinajstić information content (AvgIpc) is 2.70. The summed E-state index contributed by atoms with van der Waals surface area (Å²) in [6.45, 7) is 1.80. The Morgan fingerprint density at radius 3 is 2.28 bits per heavy atom. The summed E-state index contributed by atoms with van der Waals surface area (Å²) in [6, 6.07) is 18.8. The molecule has 2 N–H and O–H groups in total. The molecule has 0 saturated carbocycles. The van der Waals surface area contributed by atoms with Crippen molar-refractivity contribution in [3.05, 3.63) is 84.2 Å². The topological polar surface area (TPSA) is 84.5 Å². The highest BCUT2D eigenvalue weighted by atomic mass is 32.2.